The lowest BCUT2D eigenvalue weighted by Gasteiger charge is -2.29. The molecular formula is C10H20BrNS. The van der Waals surface area contributed by atoms with E-state index in [1.807, 2.05) is 0 Å². The van der Waals surface area contributed by atoms with Gasteiger partial charge in [0.05, 0.1) is 0 Å². The maximum atomic E-state index is 3.70. The number of hydrogen-bond acceptors (Lipinski definition) is 2. The first-order chi connectivity index (χ1) is 6.33. The molecule has 0 aliphatic carbocycles. The number of rotatable bonds is 5. The summed E-state index contributed by atoms with van der Waals surface area (Å²) in [4.78, 5) is 3.35. The highest BCUT2D eigenvalue weighted by molar-refractivity contribution is 9.09. The summed E-state index contributed by atoms with van der Waals surface area (Å²) < 4.78 is 0. The highest BCUT2D eigenvalue weighted by atomic mass is 79.9. The second-order valence-corrected chi connectivity index (χ2v) is 6.28. The summed E-state index contributed by atoms with van der Waals surface area (Å²) in [6, 6.07) is 0. The van der Waals surface area contributed by atoms with Crippen LogP contribution in [0.4, 0.5) is 0 Å². The van der Waals surface area contributed by atoms with Gasteiger partial charge in [-0.3, -0.25) is 0 Å². The van der Waals surface area contributed by atoms with Crippen molar-refractivity contribution in [3.05, 3.63) is 0 Å². The van der Waals surface area contributed by atoms with Crippen LogP contribution < -0.4 is 0 Å². The summed E-state index contributed by atoms with van der Waals surface area (Å²) in [6.45, 7) is 6.12. The molecule has 0 aromatic rings. The normalized spacial score (nSPS) is 24.9. The number of nitrogens with zero attached hydrogens (tertiary/aromatic N) is 1. The van der Waals surface area contributed by atoms with Crippen LogP contribution in [0.5, 0.6) is 0 Å². The maximum absolute atomic E-state index is 3.70. The van der Waals surface area contributed by atoms with Crippen LogP contribution in [0.2, 0.25) is 0 Å². The van der Waals surface area contributed by atoms with Gasteiger partial charge in [-0.05, 0) is 43.9 Å². The molecule has 0 spiro atoms. The molecule has 1 nitrogen and oxygen atoms in total. The Labute approximate surface area is 94.8 Å². The number of hydrogen-bond donors (Lipinski definition) is 0. The zero-order valence-electron chi connectivity index (χ0n) is 8.47. The minimum Gasteiger partial charge on any atom is -0.302 e. The predicted molar refractivity (Wildman–Crippen MR) is 66.0 cm³/mol. The van der Waals surface area contributed by atoms with E-state index in [2.05, 4.69) is 39.5 Å². The number of likely N-dealkylation sites (tertiary alicyclic amines) is 1. The molecule has 0 radical (unpaired) electrons. The number of halogens is 1. The number of piperidine rings is 1. The zero-order valence-corrected chi connectivity index (χ0v) is 10.9. The molecule has 78 valence electrons. The van der Waals surface area contributed by atoms with Crippen LogP contribution in [-0.4, -0.2) is 40.9 Å². The lowest BCUT2D eigenvalue weighted by Crippen LogP contribution is -2.36. The Balaban J connectivity index is 2.00. The second-order valence-electron chi connectivity index (χ2n) is 3.59. The van der Waals surface area contributed by atoms with Crippen LogP contribution in [0.3, 0.4) is 0 Å². The van der Waals surface area contributed by atoms with Gasteiger partial charge in [0.2, 0.25) is 0 Å². The molecule has 13 heavy (non-hydrogen) atoms. The summed E-state index contributed by atoms with van der Waals surface area (Å²) in [6.07, 6.45) is 4.09. The average Bonchev–Trinajstić information content (AvgIpc) is 2.13. The van der Waals surface area contributed by atoms with E-state index in [0.717, 1.165) is 4.83 Å². The van der Waals surface area contributed by atoms with E-state index < -0.39 is 0 Å². The van der Waals surface area contributed by atoms with Gasteiger partial charge in [0.15, 0.2) is 0 Å². The Bertz CT molecular complexity index is 132. The van der Waals surface area contributed by atoms with Gasteiger partial charge in [0.25, 0.3) is 0 Å². The Morgan fingerprint density at radius 1 is 1.54 bits per heavy atom. The lowest BCUT2D eigenvalue weighted by molar-refractivity contribution is 0.237. The molecule has 0 bridgehead atoms. The third kappa shape index (κ3) is 5.28. The standard InChI is InChI=1S/C10H20BrNS/c1-2-13-8-4-7-12-6-3-5-10(11)9-12/h10H,2-9H2,1H3. The van der Waals surface area contributed by atoms with Crippen molar-refractivity contribution >= 4 is 27.7 Å². The molecule has 1 fully saturated rings. The van der Waals surface area contributed by atoms with Gasteiger partial charge >= 0.3 is 0 Å². The van der Waals surface area contributed by atoms with Crippen molar-refractivity contribution in [2.24, 2.45) is 0 Å². The number of thioether (sulfide) groups is 1. The predicted octanol–water partition coefficient (Wildman–Crippen LogP) is 2.99. The summed E-state index contributed by atoms with van der Waals surface area (Å²) in [5.41, 5.74) is 0. The Kier molecular flexibility index (Phi) is 6.51. The van der Waals surface area contributed by atoms with Crippen LogP contribution in [0.25, 0.3) is 0 Å². The Morgan fingerprint density at radius 2 is 2.38 bits per heavy atom. The average molecular weight is 266 g/mol. The monoisotopic (exact) mass is 265 g/mol. The van der Waals surface area contributed by atoms with E-state index in [9.17, 15) is 0 Å². The van der Waals surface area contributed by atoms with Crippen molar-refractivity contribution in [3.8, 4) is 0 Å². The molecule has 0 aromatic heterocycles. The van der Waals surface area contributed by atoms with Gasteiger partial charge in [0.1, 0.15) is 0 Å². The first kappa shape index (κ1) is 11.9. The highest BCUT2D eigenvalue weighted by Crippen LogP contribution is 2.17. The molecule has 3 heteroatoms. The summed E-state index contributed by atoms with van der Waals surface area (Å²) >= 11 is 5.76. The van der Waals surface area contributed by atoms with E-state index in [0.29, 0.717) is 0 Å². The molecule has 1 unspecified atom stereocenters. The largest absolute Gasteiger partial charge is 0.302 e. The zero-order chi connectivity index (χ0) is 9.52. The van der Waals surface area contributed by atoms with Crippen molar-refractivity contribution < 1.29 is 0 Å². The van der Waals surface area contributed by atoms with Gasteiger partial charge in [-0.2, -0.15) is 11.8 Å². The first-order valence-electron chi connectivity index (χ1n) is 5.27. The fourth-order valence-corrected chi connectivity index (χ4v) is 3.09. The van der Waals surface area contributed by atoms with Crippen LogP contribution in [0, 0.1) is 0 Å². The van der Waals surface area contributed by atoms with Gasteiger partial charge in [-0.15, -0.1) is 0 Å². The summed E-state index contributed by atoms with van der Waals surface area (Å²) in [5, 5.41) is 0. The summed E-state index contributed by atoms with van der Waals surface area (Å²) in [7, 11) is 0. The maximum Gasteiger partial charge on any atom is 0.0273 e. The lowest BCUT2D eigenvalue weighted by atomic mass is 10.1. The van der Waals surface area contributed by atoms with Crippen LogP contribution >= 0.6 is 27.7 Å². The van der Waals surface area contributed by atoms with Crippen LogP contribution in [0.15, 0.2) is 0 Å². The minimum absolute atomic E-state index is 0.750. The molecule has 1 rings (SSSR count). The third-order valence-corrected chi connectivity index (χ3v) is 4.15. The second kappa shape index (κ2) is 7.13. The topological polar surface area (TPSA) is 3.24 Å². The molecule has 1 aliphatic rings. The van der Waals surface area contributed by atoms with Crippen molar-refractivity contribution in [3.63, 3.8) is 0 Å². The summed E-state index contributed by atoms with van der Waals surface area (Å²) in [5.74, 6) is 2.60. The Morgan fingerprint density at radius 3 is 3.08 bits per heavy atom. The van der Waals surface area contributed by atoms with Gasteiger partial charge < -0.3 is 4.90 Å². The molecule has 0 amide bonds. The first-order valence-corrected chi connectivity index (χ1v) is 7.34. The molecule has 0 aromatic carbocycles. The minimum atomic E-state index is 0.750. The molecule has 1 aliphatic heterocycles. The molecule has 0 saturated carbocycles. The quantitative estimate of drug-likeness (QED) is 0.556. The van der Waals surface area contributed by atoms with Crippen molar-refractivity contribution in [2.75, 3.05) is 31.1 Å². The van der Waals surface area contributed by atoms with Crippen molar-refractivity contribution in [1.82, 2.24) is 4.90 Å². The fourth-order valence-electron chi connectivity index (χ4n) is 1.74. The van der Waals surface area contributed by atoms with E-state index >= 15 is 0 Å². The van der Waals surface area contributed by atoms with E-state index in [1.54, 1.807) is 0 Å². The van der Waals surface area contributed by atoms with Crippen molar-refractivity contribution in [1.29, 1.82) is 0 Å². The Hall–Kier alpha value is 0.790. The molecule has 1 atom stereocenters. The van der Waals surface area contributed by atoms with Gasteiger partial charge in [-0.25, -0.2) is 0 Å². The van der Waals surface area contributed by atoms with Gasteiger partial charge in [0, 0.05) is 11.4 Å². The van der Waals surface area contributed by atoms with E-state index in [-0.39, 0.29) is 0 Å². The van der Waals surface area contributed by atoms with Crippen LogP contribution in [0.1, 0.15) is 26.2 Å². The molecule has 1 saturated heterocycles. The highest BCUT2D eigenvalue weighted by Gasteiger charge is 2.16. The van der Waals surface area contributed by atoms with Gasteiger partial charge in [-0.1, -0.05) is 22.9 Å². The smallest absolute Gasteiger partial charge is 0.0273 e. The fraction of sp³-hybridized carbons (Fsp3) is 1.00. The third-order valence-electron chi connectivity index (χ3n) is 2.42. The molecular weight excluding hydrogens is 246 g/mol. The van der Waals surface area contributed by atoms with Crippen LogP contribution in [-0.2, 0) is 0 Å². The SMILES string of the molecule is CCSCCCN1CCCC(Br)C1. The van der Waals surface area contributed by atoms with E-state index in [4.69, 9.17) is 0 Å². The number of alkyl halides is 1. The van der Waals surface area contributed by atoms with Crippen molar-refractivity contribution in [2.45, 2.75) is 31.0 Å². The van der Waals surface area contributed by atoms with E-state index in [1.165, 1.54) is 50.4 Å². The molecule has 0 N–H and O–H groups in total. The molecule has 1 heterocycles.